The molecule has 0 amide bonds. The number of aromatic amines is 3. The Bertz CT molecular complexity index is 2520. The second kappa shape index (κ2) is 14.2. The lowest BCUT2D eigenvalue weighted by Crippen LogP contribution is -2.30. The van der Waals surface area contributed by atoms with Gasteiger partial charge < -0.3 is 4.98 Å². The molecule has 56 heavy (non-hydrogen) atoms. The van der Waals surface area contributed by atoms with E-state index in [0.29, 0.717) is 29.8 Å². The Hall–Kier alpha value is -6.66. The number of aromatic nitrogens is 7. The third-order valence-electron chi connectivity index (χ3n) is 10.6. The minimum Gasteiger partial charge on any atom is -0.343 e. The van der Waals surface area contributed by atoms with Gasteiger partial charge in [-0.2, -0.15) is 10.2 Å². The van der Waals surface area contributed by atoms with Crippen molar-refractivity contribution >= 4 is 23.5 Å². The number of hydrogen-bond acceptors (Lipinski definition) is 5. The molecule has 7 nitrogen and oxygen atoms in total. The lowest BCUT2D eigenvalue weighted by Gasteiger charge is -2.34. The van der Waals surface area contributed by atoms with Crippen molar-refractivity contribution in [2.45, 2.75) is 23.7 Å². The predicted molar refractivity (Wildman–Crippen MR) is 209 cm³/mol. The third-order valence-corrected chi connectivity index (χ3v) is 11.4. The summed E-state index contributed by atoms with van der Waals surface area (Å²) in [6.45, 7) is 0. The zero-order valence-electron chi connectivity index (χ0n) is 29.5. The number of thiazole rings is 1. The van der Waals surface area contributed by atoms with Gasteiger partial charge in [-0.05, 0) is 46.5 Å². The molecule has 4 aromatic heterocycles. The minimum atomic E-state index is -0.854. The molecule has 4 heterocycles. The van der Waals surface area contributed by atoms with E-state index >= 15 is 0 Å². The van der Waals surface area contributed by atoms with Crippen LogP contribution in [0.2, 0.25) is 0 Å². The van der Waals surface area contributed by atoms with Crippen LogP contribution in [0.3, 0.4) is 0 Å². The highest BCUT2D eigenvalue weighted by molar-refractivity contribution is 7.13. The zero-order valence-corrected chi connectivity index (χ0v) is 30.3. The number of H-pyrrole nitrogens is 3. The number of nitrogens with zero attached hydrogens (tertiary/aromatic N) is 4. The van der Waals surface area contributed by atoms with Crippen LogP contribution >= 0.6 is 11.3 Å². The van der Waals surface area contributed by atoms with Gasteiger partial charge >= 0.3 is 0 Å². The molecule has 4 aromatic carbocycles. The first-order valence-corrected chi connectivity index (χ1v) is 18.7. The summed E-state index contributed by atoms with van der Waals surface area (Å²) in [6.07, 6.45) is 14.4. The molecule has 2 aliphatic rings. The van der Waals surface area contributed by atoms with E-state index in [-0.39, 0.29) is 0 Å². The third kappa shape index (κ3) is 6.08. The highest BCUT2D eigenvalue weighted by atomic mass is 32.1. The van der Waals surface area contributed by atoms with E-state index < -0.39 is 34.1 Å². The van der Waals surface area contributed by atoms with Crippen molar-refractivity contribution in [3.63, 3.8) is 0 Å². The standard InChI is InChI=1S/C22H16F2N4.C22H15F2N3S/c23-17-7-6-15(12-18(17)24)22(14-4-2-1-3-5-14)9-8-16-19(13-22)27-28-20(16)21-25-10-11-26-21;23-17-7-6-15(10-18(17)24)22(14-4-2-1-3-5-14)9-8-16-19(11-22)26-27-21(16)20-12-25-13-28-20/h1-12H,13H2,(H,25,26)(H,27,28);1-10,12-13H,11H2,(H,26,27). The summed E-state index contributed by atoms with van der Waals surface area (Å²) >= 11 is 1.53. The van der Waals surface area contributed by atoms with Gasteiger partial charge in [-0.1, -0.05) is 97.1 Å². The number of nitrogens with one attached hydrogen (secondary N) is 3. The van der Waals surface area contributed by atoms with Crippen LogP contribution in [-0.2, 0) is 23.7 Å². The van der Waals surface area contributed by atoms with Gasteiger partial charge in [-0.15, -0.1) is 11.3 Å². The molecule has 2 unspecified atom stereocenters. The maximum atomic E-state index is 14.1. The Kier molecular flexibility index (Phi) is 8.89. The van der Waals surface area contributed by atoms with Crippen LogP contribution in [0.4, 0.5) is 17.6 Å². The van der Waals surface area contributed by atoms with E-state index in [9.17, 15) is 17.6 Å². The lowest BCUT2D eigenvalue weighted by atomic mass is 9.68. The van der Waals surface area contributed by atoms with Crippen molar-refractivity contribution in [1.29, 1.82) is 0 Å². The number of imidazole rings is 1. The lowest BCUT2D eigenvalue weighted by molar-refractivity contribution is 0.502. The Morgan fingerprint density at radius 3 is 1.61 bits per heavy atom. The van der Waals surface area contributed by atoms with E-state index in [1.165, 1.54) is 35.6 Å². The van der Waals surface area contributed by atoms with Crippen LogP contribution in [0.15, 0.2) is 133 Å². The van der Waals surface area contributed by atoms with Gasteiger partial charge in [-0.25, -0.2) is 22.5 Å². The van der Waals surface area contributed by atoms with Gasteiger partial charge in [0.15, 0.2) is 29.1 Å². The van der Waals surface area contributed by atoms with Crippen molar-refractivity contribution in [1.82, 2.24) is 35.3 Å². The van der Waals surface area contributed by atoms with Crippen LogP contribution in [0.5, 0.6) is 0 Å². The predicted octanol–water partition coefficient (Wildman–Crippen LogP) is 10.0. The minimum absolute atomic E-state index is 0.543. The second-order valence-electron chi connectivity index (χ2n) is 13.7. The molecule has 0 radical (unpaired) electrons. The number of hydrogen-bond donors (Lipinski definition) is 3. The highest BCUT2D eigenvalue weighted by Gasteiger charge is 2.39. The van der Waals surface area contributed by atoms with Crippen LogP contribution in [0.25, 0.3) is 34.2 Å². The molecule has 3 N–H and O–H groups in total. The first kappa shape index (κ1) is 35.1. The average molecular weight is 766 g/mol. The number of halogens is 4. The van der Waals surface area contributed by atoms with Crippen molar-refractivity contribution in [2.75, 3.05) is 0 Å². The summed E-state index contributed by atoms with van der Waals surface area (Å²) in [5.41, 5.74) is 9.37. The van der Waals surface area contributed by atoms with Crippen LogP contribution in [0, 0.1) is 23.3 Å². The monoisotopic (exact) mass is 765 g/mol. The Balaban J connectivity index is 0.000000146. The molecule has 8 aromatic rings. The quantitative estimate of drug-likeness (QED) is 0.147. The summed E-state index contributed by atoms with van der Waals surface area (Å²) in [5.74, 6) is -2.72. The molecule has 0 saturated carbocycles. The van der Waals surface area contributed by atoms with Gasteiger partial charge in [0, 0.05) is 64.8 Å². The molecule has 0 saturated heterocycles. The molecule has 0 aliphatic heterocycles. The SMILES string of the molecule is Fc1ccc(C2(c3ccccc3)C=Cc3c(-c4cncs4)n[nH]c3C2)cc1F.Fc1ccc(C2(c3ccccc3)C=Cc3c(-c4ncc[nH]4)n[nH]c3C2)cc1F. The summed E-state index contributed by atoms with van der Waals surface area (Å²) in [6, 6.07) is 27.9. The molecule has 2 atom stereocenters. The second-order valence-corrected chi connectivity index (χ2v) is 14.6. The summed E-state index contributed by atoms with van der Waals surface area (Å²) < 4.78 is 55.3. The van der Waals surface area contributed by atoms with Gasteiger partial charge in [-0.3, -0.25) is 15.2 Å². The normalized spacial score (nSPS) is 18.2. The van der Waals surface area contributed by atoms with E-state index in [1.54, 1.807) is 36.2 Å². The van der Waals surface area contributed by atoms with Crippen molar-refractivity contribution < 1.29 is 17.6 Å². The van der Waals surface area contributed by atoms with Crippen molar-refractivity contribution in [3.8, 4) is 22.1 Å². The van der Waals surface area contributed by atoms with Gasteiger partial charge in [0.05, 0.1) is 10.4 Å². The molecule has 10 rings (SSSR count). The Labute approximate surface area is 322 Å². The van der Waals surface area contributed by atoms with Crippen molar-refractivity contribution in [3.05, 3.63) is 201 Å². The maximum absolute atomic E-state index is 14.1. The number of allylic oxidation sites excluding steroid dienone is 2. The van der Waals surface area contributed by atoms with Crippen LogP contribution in [0.1, 0.15) is 44.8 Å². The highest BCUT2D eigenvalue weighted by Crippen LogP contribution is 2.45. The summed E-state index contributed by atoms with van der Waals surface area (Å²) in [7, 11) is 0. The first-order valence-electron chi connectivity index (χ1n) is 17.8. The zero-order chi connectivity index (χ0) is 38.3. The van der Waals surface area contributed by atoms with E-state index in [1.807, 2.05) is 78.9 Å². The number of benzene rings is 4. The van der Waals surface area contributed by atoms with E-state index in [0.717, 1.165) is 49.9 Å². The fraction of sp³-hybridized carbons (Fsp3) is 0.0909. The largest absolute Gasteiger partial charge is 0.343 e. The molecule has 276 valence electrons. The molecule has 0 fully saturated rings. The topological polar surface area (TPSA) is 98.9 Å². The first-order chi connectivity index (χ1) is 27.3. The average Bonchev–Trinajstić information content (AvgIpc) is 4.08. The van der Waals surface area contributed by atoms with Crippen LogP contribution < -0.4 is 0 Å². The summed E-state index contributed by atoms with van der Waals surface area (Å²) in [4.78, 5) is 12.5. The fourth-order valence-corrected chi connectivity index (χ4v) is 8.39. The Morgan fingerprint density at radius 2 is 1.12 bits per heavy atom. The van der Waals surface area contributed by atoms with Gasteiger partial charge in [0.25, 0.3) is 0 Å². The summed E-state index contributed by atoms with van der Waals surface area (Å²) in [5, 5.41) is 15.2. The maximum Gasteiger partial charge on any atom is 0.159 e. The van der Waals surface area contributed by atoms with E-state index in [2.05, 4.69) is 41.4 Å². The molecular formula is C44H31F4N7S. The van der Waals surface area contributed by atoms with Crippen LogP contribution in [-0.4, -0.2) is 35.3 Å². The molecule has 0 bridgehead atoms. The van der Waals surface area contributed by atoms with Gasteiger partial charge in [0.2, 0.25) is 0 Å². The smallest absolute Gasteiger partial charge is 0.159 e. The molecule has 12 heteroatoms. The van der Waals surface area contributed by atoms with Crippen molar-refractivity contribution in [2.24, 2.45) is 0 Å². The molecule has 0 spiro atoms. The van der Waals surface area contributed by atoms with Gasteiger partial charge in [0.1, 0.15) is 11.4 Å². The number of rotatable bonds is 6. The fourth-order valence-electron chi connectivity index (χ4n) is 7.77. The number of fused-ring (bicyclic) bond motifs is 2. The molecular weight excluding hydrogens is 735 g/mol. The Morgan fingerprint density at radius 1 is 0.589 bits per heavy atom. The van der Waals surface area contributed by atoms with E-state index in [4.69, 9.17) is 0 Å². The molecule has 2 aliphatic carbocycles.